The third-order valence-electron chi connectivity index (χ3n) is 3.16. The van der Waals surface area contributed by atoms with Crippen molar-refractivity contribution in [2.45, 2.75) is 39.4 Å². The minimum Gasteiger partial charge on any atom is -0.478 e. The van der Waals surface area contributed by atoms with Crippen molar-refractivity contribution in [3.8, 4) is 0 Å². The van der Waals surface area contributed by atoms with Gasteiger partial charge in [0.05, 0.1) is 24.7 Å². The fourth-order valence-corrected chi connectivity index (χ4v) is 2.23. The van der Waals surface area contributed by atoms with Crippen molar-refractivity contribution in [3.05, 3.63) is 34.4 Å². The van der Waals surface area contributed by atoms with Crippen molar-refractivity contribution >= 4 is 11.9 Å². The van der Waals surface area contributed by atoms with Gasteiger partial charge in [-0.15, -0.1) is 0 Å². The average Bonchev–Trinajstić information content (AvgIpc) is 2.36. The third kappa shape index (κ3) is 4.27. The normalized spacial score (nSPS) is 13.6. The van der Waals surface area contributed by atoms with E-state index in [1.165, 1.54) is 12.1 Å². The molecule has 1 aromatic rings. The molecule has 0 aromatic heterocycles. The van der Waals surface area contributed by atoms with Crippen LogP contribution in [0.3, 0.4) is 0 Å². The van der Waals surface area contributed by atoms with E-state index in [1.54, 1.807) is 20.8 Å². The van der Waals surface area contributed by atoms with Crippen LogP contribution in [0.1, 0.15) is 46.5 Å². The molecule has 1 aromatic carbocycles. The molecule has 0 radical (unpaired) electrons. The van der Waals surface area contributed by atoms with Gasteiger partial charge in [0.1, 0.15) is 6.10 Å². The number of carboxylic acid groups (broad SMARTS) is 1. The molecule has 0 aliphatic heterocycles. The number of carbonyl (C=O) groups excluding carboxylic acids is 1. The van der Waals surface area contributed by atoms with Gasteiger partial charge in [-0.2, -0.15) is 0 Å². The zero-order valence-corrected chi connectivity index (χ0v) is 12.3. The van der Waals surface area contributed by atoms with Gasteiger partial charge in [-0.3, -0.25) is 4.79 Å². The van der Waals surface area contributed by atoms with Crippen LogP contribution in [-0.2, 0) is 9.53 Å². The van der Waals surface area contributed by atoms with Crippen molar-refractivity contribution < 1.29 is 29.6 Å². The third-order valence-corrected chi connectivity index (χ3v) is 3.16. The van der Waals surface area contributed by atoms with Gasteiger partial charge in [0.15, 0.2) is 0 Å². The molecule has 1 rings (SSSR count). The van der Waals surface area contributed by atoms with Gasteiger partial charge in [0.2, 0.25) is 0 Å². The molecule has 2 unspecified atom stereocenters. The second-order valence-electron chi connectivity index (χ2n) is 4.86. The molecule has 6 heteroatoms. The Hall–Kier alpha value is -1.92. The van der Waals surface area contributed by atoms with Gasteiger partial charge in [-0.1, -0.05) is 12.1 Å². The van der Waals surface area contributed by atoms with E-state index in [0.29, 0.717) is 16.7 Å². The number of benzene rings is 1. The van der Waals surface area contributed by atoms with Crippen LogP contribution in [0, 0.1) is 13.8 Å². The van der Waals surface area contributed by atoms with E-state index in [-0.39, 0.29) is 18.6 Å². The number of aromatic carboxylic acids is 1. The molecule has 0 aliphatic carbocycles. The topological polar surface area (TPSA) is 104 Å². The SMILES string of the molecule is CCOC(=O)CC(O)C(O)c1cc(C)c(C(=O)O)c(C)c1. The van der Waals surface area contributed by atoms with E-state index in [0.717, 1.165) is 0 Å². The van der Waals surface area contributed by atoms with Gasteiger partial charge in [-0.05, 0) is 37.5 Å². The Kier molecular flexibility index (Phi) is 5.87. The van der Waals surface area contributed by atoms with Crippen LogP contribution in [0.5, 0.6) is 0 Å². The summed E-state index contributed by atoms with van der Waals surface area (Å²) in [5.41, 5.74) is 1.51. The summed E-state index contributed by atoms with van der Waals surface area (Å²) in [6.45, 7) is 5.08. The average molecular weight is 296 g/mol. The highest BCUT2D eigenvalue weighted by atomic mass is 16.5. The fourth-order valence-electron chi connectivity index (χ4n) is 2.23. The predicted octanol–water partition coefficient (Wildman–Crippen LogP) is 1.35. The number of carboxylic acids is 1. The molecule has 0 saturated heterocycles. The summed E-state index contributed by atoms with van der Waals surface area (Å²) < 4.78 is 4.71. The Morgan fingerprint density at radius 1 is 1.19 bits per heavy atom. The Labute approximate surface area is 123 Å². The van der Waals surface area contributed by atoms with Crippen LogP contribution in [-0.4, -0.2) is 40.0 Å². The predicted molar refractivity (Wildman–Crippen MR) is 75.1 cm³/mol. The van der Waals surface area contributed by atoms with Crippen LogP contribution in [0.2, 0.25) is 0 Å². The number of rotatable bonds is 6. The minimum atomic E-state index is -1.31. The number of aliphatic hydroxyl groups is 2. The largest absolute Gasteiger partial charge is 0.478 e. The zero-order valence-electron chi connectivity index (χ0n) is 12.3. The second-order valence-corrected chi connectivity index (χ2v) is 4.86. The second kappa shape index (κ2) is 7.19. The van der Waals surface area contributed by atoms with Crippen molar-refractivity contribution in [1.29, 1.82) is 0 Å². The van der Waals surface area contributed by atoms with Gasteiger partial charge in [0.25, 0.3) is 0 Å². The lowest BCUT2D eigenvalue weighted by molar-refractivity contribution is -0.147. The highest BCUT2D eigenvalue weighted by Gasteiger charge is 2.24. The van der Waals surface area contributed by atoms with E-state index in [9.17, 15) is 19.8 Å². The van der Waals surface area contributed by atoms with Gasteiger partial charge in [-0.25, -0.2) is 4.79 Å². The summed E-state index contributed by atoms with van der Waals surface area (Å²) in [6.07, 6.45) is -2.92. The number of hydrogen-bond acceptors (Lipinski definition) is 5. The van der Waals surface area contributed by atoms with Crippen LogP contribution in [0.15, 0.2) is 12.1 Å². The molecule has 0 saturated carbocycles. The molecule has 0 spiro atoms. The molecule has 0 heterocycles. The highest BCUT2D eigenvalue weighted by Crippen LogP contribution is 2.24. The van der Waals surface area contributed by atoms with E-state index in [4.69, 9.17) is 9.84 Å². The number of aliphatic hydroxyl groups excluding tert-OH is 2. The van der Waals surface area contributed by atoms with Crippen LogP contribution in [0.25, 0.3) is 0 Å². The Balaban J connectivity index is 2.95. The number of ether oxygens (including phenoxy) is 1. The van der Waals surface area contributed by atoms with Crippen LogP contribution in [0.4, 0.5) is 0 Å². The lowest BCUT2D eigenvalue weighted by Gasteiger charge is -2.19. The molecule has 2 atom stereocenters. The van der Waals surface area contributed by atoms with E-state index >= 15 is 0 Å². The molecule has 0 fully saturated rings. The standard InChI is InChI=1S/C15H20O6/c1-4-21-12(17)7-11(16)14(18)10-5-8(2)13(15(19)20)9(3)6-10/h5-6,11,14,16,18H,4,7H2,1-3H3,(H,19,20). The summed E-state index contributed by atoms with van der Waals surface area (Å²) in [6, 6.07) is 2.99. The summed E-state index contributed by atoms with van der Waals surface area (Å²) in [5.74, 6) is -1.64. The first-order valence-corrected chi connectivity index (χ1v) is 6.64. The van der Waals surface area contributed by atoms with E-state index < -0.39 is 24.1 Å². The number of carbonyl (C=O) groups is 2. The van der Waals surface area contributed by atoms with Gasteiger partial charge >= 0.3 is 11.9 Å². The Morgan fingerprint density at radius 3 is 2.14 bits per heavy atom. The smallest absolute Gasteiger partial charge is 0.336 e. The van der Waals surface area contributed by atoms with Crippen molar-refractivity contribution in [3.63, 3.8) is 0 Å². The summed E-state index contributed by atoms with van der Waals surface area (Å²) in [5, 5.41) is 29.0. The summed E-state index contributed by atoms with van der Waals surface area (Å²) in [4.78, 5) is 22.4. The van der Waals surface area contributed by atoms with Gasteiger partial charge < -0.3 is 20.1 Å². The molecule has 116 valence electrons. The number of aryl methyl sites for hydroxylation is 2. The molecular formula is C15H20O6. The van der Waals surface area contributed by atoms with Gasteiger partial charge in [0, 0.05) is 0 Å². The highest BCUT2D eigenvalue weighted by molar-refractivity contribution is 5.91. The molecular weight excluding hydrogens is 276 g/mol. The fraction of sp³-hybridized carbons (Fsp3) is 0.467. The summed E-state index contributed by atoms with van der Waals surface area (Å²) >= 11 is 0. The quantitative estimate of drug-likeness (QED) is 0.684. The lowest BCUT2D eigenvalue weighted by Crippen LogP contribution is -2.23. The number of hydrogen-bond donors (Lipinski definition) is 3. The Morgan fingerprint density at radius 2 is 1.71 bits per heavy atom. The van der Waals surface area contributed by atoms with Crippen molar-refractivity contribution in [2.75, 3.05) is 6.61 Å². The van der Waals surface area contributed by atoms with Crippen LogP contribution < -0.4 is 0 Å². The molecule has 0 bridgehead atoms. The molecule has 0 amide bonds. The monoisotopic (exact) mass is 296 g/mol. The molecule has 6 nitrogen and oxygen atoms in total. The summed E-state index contributed by atoms with van der Waals surface area (Å²) in [7, 11) is 0. The first-order valence-electron chi connectivity index (χ1n) is 6.64. The Bertz CT molecular complexity index is 514. The first kappa shape index (κ1) is 17.1. The van der Waals surface area contributed by atoms with Crippen LogP contribution >= 0.6 is 0 Å². The first-order chi connectivity index (χ1) is 9.77. The minimum absolute atomic E-state index is 0.172. The van der Waals surface area contributed by atoms with E-state index in [2.05, 4.69) is 0 Å². The van der Waals surface area contributed by atoms with E-state index in [1.807, 2.05) is 0 Å². The maximum absolute atomic E-state index is 11.3. The maximum Gasteiger partial charge on any atom is 0.336 e. The molecule has 3 N–H and O–H groups in total. The maximum atomic E-state index is 11.3. The molecule has 21 heavy (non-hydrogen) atoms. The number of esters is 1. The van der Waals surface area contributed by atoms with Crippen molar-refractivity contribution in [1.82, 2.24) is 0 Å². The lowest BCUT2D eigenvalue weighted by atomic mass is 9.94. The van der Waals surface area contributed by atoms with Crippen molar-refractivity contribution in [2.24, 2.45) is 0 Å². The molecule has 0 aliphatic rings. The zero-order chi connectivity index (χ0) is 16.2.